The molecular formula is C24H22N6O. The quantitative estimate of drug-likeness (QED) is 0.458. The van der Waals surface area contributed by atoms with Crippen molar-refractivity contribution in [2.24, 2.45) is 0 Å². The first kappa shape index (κ1) is 19.0. The number of nitrogens with zero attached hydrogens (tertiary/aromatic N) is 4. The highest BCUT2D eigenvalue weighted by atomic mass is 16.1. The number of pyridine rings is 1. The largest absolute Gasteiger partial charge is 0.354 e. The Kier molecular flexibility index (Phi) is 4.71. The van der Waals surface area contributed by atoms with E-state index in [2.05, 4.69) is 52.5 Å². The van der Waals surface area contributed by atoms with Gasteiger partial charge in [0, 0.05) is 18.9 Å². The summed E-state index contributed by atoms with van der Waals surface area (Å²) in [6.45, 7) is 4.93. The van der Waals surface area contributed by atoms with E-state index in [-0.39, 0.29) is 5.56 Å². The summed E-state index contributed by atoms with van der Waals surface area (Å²) >= 11 is 0. The molecule has 0 saturated heterocycles. The van der Waals surface area contributed by atoms with Gasteiger partial charge in [-0.3, -0.25) is 14.5 Å². The fourth-order valence-electron chi connectivity index (χ4n) is 3.76. The van der Waals surface area contributed by atoms with Crippen LogP contribution in [0.1, 0.15) is 16.7 Å². The smallest absolute Gasteiger partial charge is 0.267 e. The highest BCUT2D eigenvalue weighted by molar-refractivity contribution is 6.02. The molecule has 2 N–H and O–H groups in total. The van der Waals surface area contributed by atoms with Crippen LogP contribution in [0.25, 0.3) is 27.6 Å². The van der Waals surface area contributed by atoms with Gasteiger partial charge in [-0.15, -0.1) is 0 Å². The van der Waals surface area contributed by atoms with Crippen LogP contribution in [-0.2, 0) is 6.42 Å². The summed E-state index contributed by atoms with van der Waals surface area (Å²) in [6.07, 6.45) is 4.20. The van der Waals surface area contributed by atoms with Gasteiger partial charge in [0.05, 0.1) is 16.5 Å². The molecule has 5 rings (SSSR count). The summed E-state index contributed by atoms with van der Waals surface area (Å²) in [5.41, 5.74) is 5.53. The van der Waals surface area contributed by atoms with Crippen molar-refractivity contribution in [3.63, 3.8) is 0 Å². The minimum atomic E-state index is -0.165. The molecule has 0 spiro atoms. The van der Waals surface area contributed by atoms with Crippen LogP contribution in [0.5, 0.6) is 0 Å². The number of H-pyrrole nitrogens is 1. The molecule has 0 bridgehead atoms. The molecular weight excluding hydrogens is 388 g/mol. The Morgan fingerprint density at radius 3 is 2.68 bits per heavy atom. The molecule has 2 aromatic carbocycles. The molecule has 7 heteroatoms. The Morgan fingerprint density at radius 1 is 1.03 bits per heavy atom. The second-order valence-electron chi connectivity index (χ2n) is 7.65. The van der Waals surface area contributed by atoms with E-state index in [1.165, 1.54) is 16.7 Å². The van der Waals surface area contributed by atoms with Gasteiger partial charge >= 0.3 is 0 Å². The van der Waals surface area contributed by atoms with Crippen LogP contribution in [-0.4, -0.2) is 31.3 Å². The van der Waals surface area contributed by atoms with E-state index in [1.807, 2.05) is 30.3 Å². The van der Waals surface area contributed by atoms with Gasteiger partial charge in [0.1, 0.15) is 5.52 Å². The minimum absolute atomic E-state index is 0.165. The van der Waals surface area contributed by atoms with Gasteiger partial charge in [0.2, 0.25) is 5.95 Å². The van der Waals surface area contributed by atoms with E-state index < -0.39 is 0 Å². The van der Waals surface area contributed by atoms with E-state index in [0.717, 1.165) is 17.5 Å². The average Bonchev–Trinajstić information content (AvgIpc) is 3.28. The molecule has 31 heavy (non-hydrogen) atoms. The Balaban J connectivity index is 1.53. The molecule has 0 aliphatic rings. The van der Waals surface area contributed by atoms with Crippen molar-refractivity contribution in [2.45, 2.75) is 20.3 Å². The van der Waals surface area contributed by atoms with Gasteiger partial charge in [-0.25, -0.2) is 4.98 Å². The second-order valence-corrected chi connectivity index (χ2v) is 7.65. The van der Waals surface area contributed by atoms with E-state index in [9.17, 15) is 4.79 Å². The lowest BCUT2D eigenvalue weighted by atomic mass is 10.0. The number of hydrogen-bond donors (Lipinski definition) is 2. The van der Waals surface area contributed by atoms with Gasteiger partial charge in [-0.1, -0.05) is 36.4 Å². The predicted molar refractivity (Wildman–Crippen MR) is 123 cm³/mol. The fraction of sp³-hybridized carbons (Fsp3) is 0.167. The summed E-state index contributed by atoms with van der Waals surface area (Å²) in [5.74, 6) is 0.482. The second kappa shape index (κ2) is 7.68. The van der Waals surface area contributed by atoms with Crippen molar-refractivity contribution in [2.75, 3.05) is 11.9 Å². The summed E-state index contributed by atoms with van der Waals surface area (Å²) in [4.78, 5) is 22.4. The Bertz CT molecular complexity index is 1450. The zero-order valence-corrected chi connectivity index (χ0v) is 17.4. The minimum Gasteiger partial charge on any atom is -0.354 e. The van der Waals surface area contributed by atoms with Crippen LogP contribution < -0.4 is 10.9 Å². The van der Waals surface area contributed by atoms with Crippen LogP contribution in [0, 0.1) is 13.8 Å². The number of benzene rings is 2. The zero-order valence-electron chi connectivity index (χ0n) is 17.4. The van der Waals surface area contributed by atoms with Gasteiger partial charge in [-0.05, 0) is 49.1 Å². The molecule has 0 atom stereocenters. The van der Waals surface area contributed by atoms with E-state index in [0.29, 0.717) is 29.0 Å². The summed E-state index contributed by atoms with van der Waals surface area (Å²) in [6, 6.07) is 16.0. The topological polar surface area (TPSA) is 88.5 Å². The number of aryl methyl sites for hydroxylation is 2. The summed E-state index contributed by atoms with van der Waals surface area (Å²) in [7, 11) is 0. The Morgan fingerprint density at radius 2 is 1.87 bits per heavy atom. The number of aromatic nitrogens is 5. The molecule has 0 amide bonds. The molecule has 0 saturated carbocycles. The molecule has 0 aliphatic heterocycles. The van der Waals surface area contributed by atoms with Crippen molar-refractivity contribution in [1.29, 1.82) is 0 Å². The molecule has 0 unspecified atom stereocenters. The predicted octanol–water partition coefficient (Wildman–Crippen LogP) is 3.93. The van der Waals surface area contributed by atoms with Crippen molar-refractivity contribution >= 4 is 27.9 Å². The summed E-state index contributed by atoms with van der Waals surface area (Å²) < 4.78 is 1.61. The first-order chi connectivity index (χ1) is 15.1. The van der Waals surface area contributed by atoms with Crippen molar-refractivity contribution in [3.8, 4) is 5.69 Å². The van der Waals surface area contributed by atoms with Gasteiger partial charge in [0.25, 0.3) is 5.56 Å². The highest BCUT2D eigenvalue weighted by Crippen LogP contribution is 2.22. The SMILES string of the molecule is Cc1ccc(CCNc2ncc3c4n[nH]cc4c(=O)n(-c4ccccc4)c3n2)cc1C. The normalized spacial score (nSPS) is 11.3. The fourth-order valence-corrected chi connectivity index (χ4v) is 3.76. The number of hydrogen-bond acceptors (Lipinski definition) is 5. The molecule has 0 fully saturated rings. The van der Waals surface area contributed by atoms with Crippen LogP contribution in [0.2, 0.25) is 0 Å². The molecule has 7 nitrogen and oxygen atoms in total. The monoisotopic (exact) mass is 410 g/mol. The lowest BCUT2D eigenvalue weighted by Gasteiger charge is -2.12. The van der Waals surface area contributed by atoms with E-state index in [1.54, 1.807) is 17.0 Å². The maximum Gasteiger partial charge on any atom is 0.267 e. The van der Waals surface area contributed by atoms with Crippen molar-refractivity contribution in [1.82, 2.24) is 24.7 Å². The number of aromatic amines is 1. The highest BCUT2D eigenvalue weighted by Gasteiger charge is 2.16. The van der Waals surface area contributed by atoms with E-state index in [4.69, 9.17) is 4.98 Å². The molecule has 0 aliphatic carbocycles. The van der Waals surface area contributed by atoms with Gasteiger partial charge in [-0.2, -0.15) is 10.1 Å². The maximum absolute atomic E-state index is 13.2. The third kappa shape index (κ3) is 3.44. The van der Waals surface area contributed by atoms with Crippen molar-refractivity contribution < 1.29 is 0 Å². The first-order valence-corrected chi connectivity index (χ1v) is 10.2. The summed E-state index contributed by atoms with van der Waals surface area (Å²) in [5, 5.41) is 11.6. The number of rotatable bonds is 5. The first-order valence-electron chi connectivity index (χ1n) is 10.2. The van der Waals surface area contributed by atoms with E-state index >= 15 is 0 Å². The van der Waals surface area contributed by atoms with Crippen molar-refractivity contribution in [3.05, 3.63) is 88.0 Å². The average molecular weight is 410 g/mol. The lowest BCUT2D eigenvalue weighted by molar-refractivity contribution is 0.970. The third-order valence-electron chi connectivity index (χ3n) is 5.59. The number of fused-ring (bicyclic) bond motifs is 3. The van der Waals surface area contributed by atoms with Crippen LogP contribution >= 0.6 is 0 Å². The Labute approximate surface area is 178 Å². The molecule has 154 valence electrons. The number of nitrogens with one attached hydrogen (secondary N) is 2. The van der Waals surface area contributed by atoms with Crippen LogP contribution in [0.15, 0.2) is 65.7 Å². The van der Waals surface area contributed by atoms with Gasteiger partial charge < -0.3 is 5.32 Å². The van der Waals surface area contributed by atoms with Gasteiger partial charge in [0.15, 0.2) is 5.65 Å². The molecule has 0 radical (unpaired) electrons. The lowest BCUT2D eigenvalue weighted by Crippen LogP contribution is -2.20. The molecule has 3 heterocycles. The zero-order chi connectivity index (χ0) is 21.4. The number of anilines is 1. The third-order valence-corrected chi connectivity index (χ3v) is 5.59. The molecule has 3 aromatic heterocycles. The maximum atomic E-state index is 13.2. The number of para-hydroxylation sites is 1. The Hall–Kier alpha value is -4.00. The van der Waals surface area contributed by atoms with Crippen LogP contribution in [0.4, 0.5) is 5.95 Å². The molecule has 5 aromatic rings. The van der Waals surface area contributed by atoms with Crippen LogP contribution in [0.3, 0.4) is 0 Å². The standard InChI is InChI=1S/C24H22N6O/c1-15-8-9-17(12-16(15)2)10-11-25-24-26-13-19-21-20(14-27-29-21)23(31)30(22(19)28-24)18-6-4-3-5-7-18/h3-9,12-14H,10-11H2,1-2H3,(H,27,29)(H,25,26,28).